The van der Waals surface area contributed by atoms with E-state index >= 15 is 0 Å². The topological polar surface area (TPSA) is 98.5 Å². The summed E-state index contributed by atoms with van der Waals surface area (Å²) in [6.07, 6.45) is 0. The van der Waals surface area contributed by atoms with E-state index in [0.29, 0.717) is 23.3 Å². The van der Waals surface area contributed by atoms with Gasteiger partial charge in [-0.15, -0.1) is 0 Å². The second-order valence-corrected chi connectivity index (χ2v) is 21.4. The molecule has 1 aliphatic rings. The van der Waals surface area contributed by atoms with Crippen LogP contribution in [0.2, 0.25) is 0 Å². The van der Waals surface area contributed by atoms with E-state index in [2.05, 4.69) is 178 Å². The van der Waals surface area contributed by atoms with Crippen molar-refractivity contribution < 1.29 is 0 Å². The van der Waals surface area contributed by atoms with Crippen molar-refractivity contribution in [1.82, 2.24) is 4.72 Å². The Kier molecular flexibility index (Phi) is 15.1. The van der Waals surface area contributed by atoms with Crippen LogP contribution in [0.5, 0.6) is 0 Å². The molecule has 8 aromatic carbocycles. The number of hydrogen-bond donors (Lipinski definition) is 1. The summed E-state index contributed by atoms with van der Waals surface area (Å²) < 4.78 is 43.1. The third kappa shape index (κ3) is 11.9. The van der Waals surface area contributed by atoms with E-state index in [9.17, 15) is 0 Å². The van der Waals surface area contributed by atoms with Gasteiger partial charge in [-0.1, -0.05) is 192 Å². The predicted octanol–water partition coefficient (Wildman–Crippen LogP) is 13.4. The summed E-state index contributed by atoms with van der Waals surface area (Å²) in [5.41, 5.74) is 7.96. The van der Waals surface area contributed by atoms with E-state index in [4.69, 9.17) is 30.7 Å². The zero-order valence-corrected chi connectivity index (χ0v) is 41.3. The predicted molar refractivity (Wildman–Crippen MR) is 290 cm³/mol. The lowest BCUT2D eigenvalue weighted by molar-refractivity contribution is 1.35. The molecule has 0 fully saturated rings. The van der Waals surface area contributed by atoms with Gasteiger partial charge in [0.1, 0.15) is 0 Å². The van der Waals surface area contributed by atoms with Gasteiger partial charge in [0.05, 0.1) is 21.8 Å². The summed E-state index contributed by atoms with van der Waals surface area (Å²) in [5.74, 6) is 2.19. The van der Waals surface area contributed by atoms with Gasteiger partial charge < -0.3 is 4.72 Å². The Morgan fingerprint density at radius 2 is 0.691 bits per heavy atom. The zero-order chi connectivity index (χ0) is 46.7. The van der Waals surface area contributed by atoms with Crippen LogP contribution in [0.15, 0.2) is 269 Å². The first kappa shape index (κ1) is 46.2. The van der Waals surface area contributed by atoms with E-state index in [-0.39, 0.29) is 0 Å². The first-order valence-corrected chi connectivity index (χ1v) is 26.6. The maximum atomic E-state index is 5.63. The van der Waals surface area contributed by atoms with Gasteiger partial charge in [0.25, 0.3) is 0 Å². The van der Waals surface area contributed by atoms with Crippen molar-refractivity contribution in [3.8, 4) is 0 Å². The Morgan fingerprint density at radius 1 is 0.338 bits per heavy atom. The minimum Gasteiger partial charge on any atom is -0.301 e. The Balaban J connectivity index is 1.45. The maximum Gasteiger partial charge on any atom is 0.313 e. The normalized spacial score (nSPS) is 20.5. The molecular formula is C56H49N8S4+. The summed E-state index contributed by atoms with van der Waals surface area (Å²) in [5, 5.41) is 0. The SMILES string of the molecule is Cc1ccc(C2=N[S@](c3ccccc3)=N\C(c3ccc(C)cc3)=N/[S@@](c3ccccc3)=N\C(c3ccc(C)cc3)=N/[S+](c3ccccc3)/N=C(\c3ccc(C)cc3)N=[S@@](c3ccccc3)N2)cc1. The standard InChI is InChI=1S/C56H49N8S4/c1-41-25-33-45(34-26-41)53-57-65(49-17-9-5-10-18-49)59-54(46-35-27-42(2)28-36-46)61-67(51-21-13-7-14-22-51)63-56(48-39-31-44(4)32-40-48)64-68(52-23-15-8-16-24-52)62-55(47-37-29-43(3)30-38-47)60-66(58-53)50-19-11-6-12-20-50/h5-40H,1-4H3,(H,57,58,59,60,61,62,63,64)/q+1/t65-,66-,67+,68?. The number of nitrogens with zero attached hydrogens (tertiary/aromatic N) is 7. The van der Waals surface area contributed by atoms with Crippen LogP contribution in [0.1, 0.15) is 44.5 Å². The Morgan fingerprint density at radius 3 is 1.15 bits per heavy atom. The molecule has 0 aliphatic carbocycles. The number of aryl methyl sites for hydroxylation is 4. The smallest absolute Gasteiger partial charge is 0.301 e. The number of rotatable bonds is 8. The second kappa shape index (κ2) is 22.2. The van der Waals surface area contributed by atoms with Gasteiger partial charge in [0, 0.05) is 47.8 Å². The molecular weight excluding hydrogens is 913 g/mol. The highest BCUT2D eigenvalue weighted by molar-refractivity contribution is 7.95. The van der Waals surface area contributed by atoms with Gasteiger partial charge in [-0.3, -0.25) is 0 Å². The molecule has 1 heterocycles. The maximum absolute atomic E-state index is 5.63. The van der Waals surface area contributed by atoms with Crippen molar-refractivity contribution >= 4 is 67.2 Å². The Hall–Kier alpha value is -6.96. The molecule has 0 bridgehead atoms. The minimum atomic E-state index is -1.16. The average Bonchev–Trinajstić information content (AvgIpc) is 3.38. The number of amidine groups is 4. The van der Waals surface area contributed by atoms with E-state index in [0.717, 1.165) is 64.1 Å². The van der Waals surface area contributed by atoms with E-state index in [1.807, 2.05) is 72.8 Å². The largest absolute Gasteiger partial charge is 0.313 e. The van der Waals surface area contributed by atoms with Crippen molar-refractivity contribution in [2.75, 3.05) is 0 Å². The molecule has 8 aromatic rings. The van der Waals surface area contributed by atoms with Crippen LogP contribution >= 0.6 is 0 Å². The molecule has 1 N–H and O–H groups in total. The van der Waals surface area contributed by atoms with Crippen molar-refractivity contribution in [2.45, 2.75) is 47.3 Å². The highest BCUT2D eigenvalue weighted by Gasteiger charge is 2.28. The quantitative estimate of drug-likeness (QED) is 0.151. The molecule has 0 saturated carbocycles. The molecule has 0 spiro atoms. The Labute approximate surface area is 410 Å². The van der Waals surface area contributed by atoms with Gasteiger partial charge >= 0.3 is 11.3 Å². The summed E-state index contributed by atoms with van der Waals surface area (Å²) >= 11 is -1.16. The van der Waals surface area contributed by atoms with Crippen molar-refractivity contribution in [3.63, 3.8) is 0 Å². The fraction of sp³-hybridized carbons (Fsp3) is 0.0714. The fourth-order valence-electron chi connectivity index (χ4n) is 6.68. The van der Waals surface area contributed by atoms with Crippen LogP contribution < -0.4 is 4.72 Å². The van der Waals surface area contributed by atoms with Gasteiger partial charge in [0.15, 0.2) is 11.7 Å². The third-order valence-electron chi connectivity index (χ3n) is 10.5. The molecule has 8 nitrogen and oxygen atoms in total. The second-order valence-electron chi connectivity index (χ2n) is 15.9. The lowest BCUT2D eigenvalue weighted by Gasteiger charge is -2.16. The summed E-state index contributed by atoms with van der Waals surface area (Å²) in [6, 6.07) is 74.3. The molecule has 9 rings (SSSR count). The molecule has 68 heavy (non-hydrogen) atoms. The molecule has 0 radical (unpaired) electrons. The minimum absolute atomic E-state index is 0.511. The lowest BCUT2D eigenvalue weighted by Crippen LogP contribution is -2.28. The van der Waals surface area contributed by atoms with E-state index in [1.165, 1.54) is 0 Å². The van der Waals surface area contributed by atoms with Crippen LogP contribution in [-0.2, 0) is 43.9 Å². The average molecular weight is 962 g/mol. The summed E-state index contributed by atoms with van der Waals surface area (Å²) in [6.45, 7) is 8.34. The molecule has 1 aliphatic heterocycles. The van der Waals surface area contributed by atoms with Crippen LogP contribution in [0, 0.1) is 27.7 Å². The number of benzene rings is 8. The monoisotopic (exact) mass is 961 g/mol. The first-order chi connectivity index (χ1) is 33.3. The zero-order valence-electron chi connectivity index (χ0n) is 38.0. The Bertz CT molecular complexity index is 3230. The highest BCUT2D eigenvalue weighted by atomic mass is 32.2. The number of nitrogens with one attached hydrogen (secondary N) is 1. The molecule has 0 aromatic heterocycles. The fourth-order valence-corrected chi connectivity index (χ4v) is 12.1. The van der Waals surface area contributed by atoms with Crippen LogP contribution in [0.3, 0.4) is 0 Å². The van der Waals surface area contributed by atoms with Crippen LogP contribution in [-0.4, -0.2) is 23.3 Å². The van der Waals surface area contributed by atoms with Gasteiger partial charge in [-0.05, 0) is 85.0 Å². The lowest BCUT2D eigenvalue weighted by atomic mass is 10.1. The van der Waals surface area contributed by atoms with Crippen LogP contribution in [0.25, 0.3) is 0 Å². The highest BCUT2D eigenvalue weighted by Crippen LogP contribution is 2.25. The van der Waals surface area contributed by atoms with Crippen molar-refractivity contribution in [2.24, 2.45) is 30.7 Å². The molecule has 336 valence electrons. The van der Waals surface area contributed by atoms with Crippen LogP contribution in [0.4, 0.5) is 0 Å². The van der Waals surface area contributed by atoms with Gasteiger partial charge in [-0.25, -0.2) is 0 Å². The summed E-state index contributed by atoms with van der Waals surface area (Å²) in [4.78, 5) is 3.69. The molecule has 1 unspecified atom stereocenters. The molecule has 0 amide bonds. The van der Waals surface area contributed by atoms with Gasteiger partial charge in [-0.2, -0.15) is 21.9 Å². The number of hydrogen-bond acceptors (Lipinski definition) is 8. The molecule has 12 heteroatoms. The first-order valence-electron chi connectivity index (χ1n) is 22.0. The molecule has 0 saturated heterocycles. The van der Waals surface area contributed by atoms with Crippen molar-refractivity contribution in [1.29, 1.82) is 0 Å². The molecule has 4 atom stereocenters. The van der Waals surface area contributed by atoms with Crippen molar-refractivity contribution in [3.05, 3.63) is 263 Å². The van der Waals surface area contributed by atoms with E-state index in [1.54, 1.807) is 0 Å². The van der Waals surface area contributed by atoms with E-state index < -0.39 is 43.9 Å². The third-order valence-corrected chi connectivity index (χ3v) is 16.1. The summed E-state index contributed by atoms with van der Waals surface area (Å²) in [7, 11) is -3.35. The van der Waals surface area contributed by atoms with Gasteiger partial charge in [0.2, 0.25) is 16.6 Å².